The highest BCUT2D eigenvalue weighted by Crippen LogP contribution is 2.39. The summed E-state index contributed by atoms with van der Waals surface area (Å²) in [5, 5.41) is 2.76. The highest BCUT2D eigenvalue weighted by molar-refractivity contribution is 5.88. The molecule has 0 aromatic heterocycles. The Balaban J connectivity index is 1.49. The molecule has 0 aliphatic heterocycles. The summed E-state index contributed by atoms with van der Waals surface area (Å²) < 4.78 is 5.21. The molecule has 0 heterocycles. The molecule has 1 aromatic rings. The van der Waals surface area contributed by atoms with Crippen LogP contribution >= 0.6 is 0 Å². The first-order valence-electron chi connectivity index (χ1n) is 8.22. The van der Waals surface area contributed by atoms with E-state index in [9.17, 15) is 9.59 Å². The lowest BCUT2D eigenvalue weighted by molar-refractivity contribution is -0.125. The molecule has 0 unspecified atom stereocenters. The summed E-state index contributed by atoms with van der Waals surface area (Å²) in [6.45, 7) is 0.236. The molecule has 118 valence electrons. The number of alkyl carbamates (subject to hydrolysis) is 1. The largest absolute Gasteiger partial charge is 0.445 e. The number of hydrogen-bond donors (Lipinski definition) is 1. The first kappa shape index (κ1) is 15.1. The summed E-state index contributed by atoms with van der Waals surface area (Å²) in [6.07, 6.45) is 5.76. The monoisotopic (exact) mass is 301 g/mol. The molecule has 2 saturated carbocycles. The highest BCUT2D eigenvalue weighted by atomic mass is 16.5. The second-order valence-corrected chi connectivity index (χ2v) is 6.47. The van der Waals surface area contributed by atoms with Gasteiger partial charge < -0.3 is 10.1 Å². The van der Waals surface area contributed by atoms with E-state index in [1.165, 1.54) is 25.7 Å². The molecular weight excluding hydrogens is 278 g/mol. The highest BCUT2D eigenvalue weighted by Gasteiger charge is 2.37. The summed E-state index contributed by atoms with van der Waals surface area (Å²) in [4.78, 5) is 24.1. The van der Waals surface area contributed by atoms with E-state index in [1.807, 2.05) is 30.3 Å². The minimum absolute atomic E-state index is 0.166. The lowest BCUT2D eigenvalue weighted by Gasteiger charge is -2.38. The van der Waals surface area contributed by atoms with E-state index in [1.54, 1.807) is 0 Å². The SMILES string of the molecule is O=C(N[C@@H]1C[C@@H]2CCCC[C@H]2CC1=O)OCc1ccccc1. The first-order valence-corrected chi connectivity index (χ1v) is 8.22. The molecule has 1 N–H and O–H groups in total. The number of rotatable bonds is 3. The molecule has 0 spiro atoms. The lowest BCUT2D eigenvalue weighted by Crippen LogP contribution is -2.47. The van der Waals surface area contributed by atoms with Crippen molar-refractivity contribution in [3.8, 4) is 0 Å². The Morgan fingerprint density at radius 1 is 1.14 bits per heavy atom. The molecule has 2 fully saturated rings. The Morgan fingerprint density at radius 3 is 2.64 bits per heavy atom. The molecule has 2 aliphatic rings. The zero-order valence-corrected chi connectivity index (χ0v) is 12.8. The number of ketones is 1. The molecule has 3 rings (SSSR count). The van der Waals surface area contributed by atoms with Crippen LogP contribution in [0.25, 0.3) is 0 Å². The number of carbonyl (C=O) groups excluding carboxylic acids is 2. The lowest BCUT2D eigenvalue weighted by atomic mass is 9.69. The van der Waals surface area contributed by atoms with E-state index in [2.05, 4.69) is 5.32 Å². The Labute approximate surface area is 131 Å². The topological polar surface area (TPSA) is 55.4 Å². The quantitative estimate of drug-likeness (QED) is 0.930. The van der Waals surface area contributed by atoms with Crippen LogP contribution in [0.1, 0.15) is 44.1 Å². The van der Waals surface area contributed by atoms with Gasteiger partial charge in [0.05, 0.1) is 6.04 Å². The van der Waals surface area contributed by atoms with Crippen molar-refractivity contribution < 1.29 is 14.3 Å². The van der Waals surface area contributed by atoms with Gasteiger partial charge in [-0.15, -0.1) is 0 Å². The van der Waals surface area contributed by atoms with Gasteiger partial charge in [-0.05, 0) is 30.2 Å². The van der Waals surface area contributed by atoms with E-state index in [4.69, 9.17) is 4.74 Å². The fraction of sp³-hybridized carbons (Fsp3) is 0.556. The number of hydrogen-bond acceptors (Lipinski definition) is 3. The third-order valence-corrected chi connectivity index (χ3v) is 4.96. The summed E-state index contributed by atoms with van der Waals surface area (Å²) in [7, 11) is 0. The second-order valence-electron chi connectivity index (χ2n) is 6.47. The van der Waals surface area contributed by atoms with Crippen LogP contribution in [0.2, 0.25) is 0 Å². The fourth-order valence-corrected chi connectivity index (χ4v) is 3.74. The molecular formula is C18H23NO3. The molecule has 0 saturated heterocycles. The van der Waals surface area contributed by atoms with Gasteiger partial charge in [0.25, 0.3) is 0 Å². The Morgan fingerprint density at radius 2 is 1.86 bits per heavy atom. The zero-order valence-electron chi connectivity index (χ0n) is 12.8. The standard InChI is InChI=1S/C18H23NO3/c20-17-11-15-9-5-4-8-14(15)10-16(17)19-18(21)22-12-13-6-2-1-3-7-13/h1-3,6-7,14-16H,4-5,8-12H2,(H,19,21)/t14-,15-,16+/m0/s1. The number of benzene rings is 1. The number of carbonyl (C=O) groups is 2. The van der Waals surface area contributed by atoms with Gasteiger partial charge in [0.1, 0.15) is 6.61 Å². The van der Waals surface area contributed by atoms with Gasteiger partial charge >= 0.3 is 6.09 Å². The minimum atomic E-state index is -0.489. The Bertz CT molecular complexity index is 528. The fourth-order valence-electron chi connectivity index (χ4n) is 3.74. The van der Waals surface area contributed by atoms with Gasteiger partial charge in [-0.1, -0.05) is 49.6 Å². The predicted octanol–water partition coefficient (Wildman–Crippen LogP) is 3.45. The van der Waals surface area contributed by atoms with Crippen LogP contribution in [0.3, 0.4) is 0 Å². The third-order valence-electron chi connectivity index (χ3n) is 4.96. The van der Waals surface area contributed by atoms with Crippen molar-refractivity contribution in [3.05, 3.63) is 35.9 Å². The maximum atomic E-state index is 12.2. The number of amides is 1. The average Bonchev–Trinajstić information content (AvgIpc) is 2.55. The molecule has 1 amide bonds. The third kappa shape index (κ3) is 3.67. The van der Waals surface area contributed by atoms with Crippen LogP contribution in [-0.4, -0.2) is 17.9 Å². The van der Waals surface area contributed by atoms with Crippen molar-refractivity contribution in [1.82, 2.24) is 5.32 Å². The van der Waals surface area contributed by atoms with Crippen molar-refractivity contribution in [2.24, 2.45) is 11.8 Å². The smallest absolute Gasteiger partial charge is 0.408 e. The van der Waals surface area contributed by atoms with E-state index < -0.39 is 6.09 Å². The molecule has 0 radical (unpaired) electrons. The van der Waals surface area contributed by atoms with Crippen LogP contribution in [-0.2, 0) is 16.1 Å². The maximum Gasteiger partial charge on any atom is 0.408 e. The van der Waals surface area contributed by atoms with Gasteiger partial charge in [-0.25, -0.2) is 4.79 Å². The molecule has 22 heavy (non-hydrogen) atoms. The van der Waals surface area contributed by atoms with E-state index in [0.717, 1.165) is 12.0 Å². The molecule has 4 heteroatoms. The van der Waals surface area contributed by atoms with E-state index in [0.29, 0.717) is 18.3 Å². The van der Waals surface area contributed by atoms with E-state index in [-0.39, 0.29) is 18.4 Å². The van der Waals surface area contributed by atoms with Gasteiger partial charge in [0.2, 0.25) is 0 Å². The maximum absolute atomic E-state index is 12.2. The van der Waals surface area contributed by atoms with Crippen LogP contribution in [0.4, 0.5) is 4.79 Å². The van der Waals surface area contributed by atoms with Gasteiger partial charge in [0, 0.05) is 6.42 Å². The van der Waals surface area contributed by atoms with Gasteiger partial charge in [-0.2, -0.15) is 0 Å². The van der Waals surface area contributed by atoms with Crippen LogP contribution in [0, 0.1) is 11.8 Å². The van der Waals surface area contributed by atoms with Crippen LogP contribution in [0.15, 0.2) is 30.3 Å². The summed E-state index contributed by atoms with van der Waals surface area (Å²) in [6, 6.07) is 9.19. The zero-order chi connectivity index (χ0) is 15.4. The van der Waals surface area contributed by atoms with Crippen LogP contribution in [0.5, 0.6) is 0 Å². The molecule has 4 nitrogen and oxygen atoms in total. The minimum Gasteiger partial charge on any atom is -0.445 e. The first-order chi connectivity index (χ1) is 10.7. The van der Waals surface area contributed by atoms with Crippen molar-refractivity contribution >= 4 is 11.9 Å². The van der Waals surface area contributed by atoms with Crippen molar-refractivity contribution in [1.29, 1.82) is 0 Å². The Hall–Kier alpha value is -1.84. The van der Waals surface area contributed by atoms with E-state index >= 15 is 0 Å². The molecule has 3 atom stereocenters. The van der Waals surface area contributed by atoms with Crippen molar-refractivity contribution in [2.75, 3.05) is 0 Å². The number of ether oxygens (including phenoxy) is 1. The number of Topliss-reactive ketones (excluding diaryl/α,β-unsaturated/α-hetero) is 1. The average molecular weight is 301 g/mol. The molecule has 2 aliphatic carbocycles. The number of nitrogens with one attached hydrogen (secondary N) is 1. The predicted molar refractivity (Wildman–Crippen MR) is 83.2 cm³/mol. The van der Waals surface area contributed by atoms with Crippen LogP contribution < -0.4 is 5.32 Å². The normalized spacial score (nSPS) is 27.8. The summed E-state index contributed by atoms with van der Waals surface area (Å²) in [5.41, 5.74) is 0.944. The molecule has 1 aromatic carbocycles. The second kappa shape index (κ2) is 6.95. The van der Waals surface area contributed by atoms with Gasteiger partial charge in [0.15, 0.2) is 5.78 Å². The molecule has 0 bridgehead atoms. The number of fused-ring (bicyclic) bond motifs is 1. The Kier molecular flexibility index (Phi) is 4.76. The summed E-state index contributed by atoms with van der Waals surface area (Å²) in [5.74, 6) is 1.30. The van der Waals surface area contributed by atoms with Crippen molar-refractivity contribution in [2.45, 2.75) is 51.2 Å². The van der Waals surface area contributed by atoms with Crippen molar-refractivity contribution in [3.63, 3.8) is 0 Å². The van der Waals surface area contributed by atoms with Gasteiger partial charge in [-0.3, -0.25) is 4.79 Å². The summed E-state index contributed by atoms with van der Waals surface area (Å²) >= 11 is 0.